The summed E-state index contributed by atoms with van der Waals surface area (Å²) in [6.45, 7) is 2.33. The number of anilines is 1. The summed E-state index contributed by atoms with van der Waals surface area (Å²) in [5.41, 5.74) is 5.08. The maximum atomic E-state index is 13.9. The first-order valence-electron chi connectivity index (χ1n) is 6.48. The summed E-state index contributed by atoms with van der Waals surface area (Å²) in [5.74, 6) is -0.960. The zero-order chi connectivity index (χ0) is 15.0. The number of nitrogen functional groups attached to an aromatic ring is 1. The Labute approximate surface area is 123 Å². The molecule has 0 unspecified atom stereocenters. The summed E-state index contributed by atoms with van der Waals surface area (Å²) in [6, 6.07) is 2.26. The van der Waals surface area contributed by atoms with Gasteiger partial charge in [0.2, 0.25) is 10.0 Å². The summed E-state index contributed by atoms with van der Waals surface area (Å²) in [6.07, 6.45) is 4.12. The van der Waals surface area contributed by atoms with Crippen LogP contribution in [0.2, 0.25) is 5.02 Å². The Balaban J connectivity index is 2.22. The average molecular weight is 321 g/mol. The van der Waals surface area contributed by atoms with Gasteiger partial charge in [-0.05, 0) is 30.4 Å². The lowest BCUT2D eigenvalue weighted by Gasteiger charge is -2.23. The quantitative estimate of drug-likeness (QED) is 0.838. The van der Waals surface area contributed by atoms with Crippen molar-refractivity contribution in [1.82, 2.24) is 4.72 Å². The van der Waals surface area contributed by atoms with Crippen LogP contribution in [0.3, 0.4) is 0 Å². The number of halogens is 2. The van der Waals surface area contributed by atoms with Gasteiger partial charge in [0.25, 0.3) is 0 Å². The van der Waals surface area contributed by atoms with Gasteiger partial charge in [0.05, 0.1) is 5.69 Å². The predicted molar refractivity (Wildman–Crippen MR) is 77.6 cm³/mol. The molecule has 0 aliphatic heterocycles. The van der Waals surface area contributed by atoms with Crippen LogP contribution in [-0.2, 0) is 10.0 Å². The molecular weight excluding hydrogens is 303 g/mol. The second-order valence-electron chi connectivity index (χ2n) is 5.65. The zero-order valence-corrected chi connectivity index (χ0v) is 12.8. The molecule has 0 saturated heterocycles. The Bertz CT molecular complexity index is 613. The summed E-state index contributed by atoms with van der Waals surface area (Å²) in [4.78, 5) is -0.496. The molecule has 3 N–H and O–H groups in total. The van der Waals surface area contributed by atoms with Gasteiger partial charge < -0.3 is 5.73 Å². The Kier molecular flexibility index (Phi) is 4.27. The standard InChI is InChI=1S/C13H18ClFN2O2S/c1-13(4-2-3-5-13)8-17-20(18,19)11-7-9(14)6-10(16)12(11)15/h6-7,17H,2-5,8,16H2,1H3. The normalized spacial score (nSPS) is 18.4. The van der Waals surface area contributed by atoms with E-state index in [1.807, 2.05) is 6.92 Å². The zero-order valence-electron chi connectivity index (χ0n) is 11.2. The van der Waals surface area contributed by atoms with Crippen molar-refractivity contribution < 1.29 is 12.8 Å². The third-order valence-corrected chi connectivity index (χ3v) is 5.44. The Hall–Kier alpha value is -0.850. The van der Waals surface area contributed by atoms with Crippen molar-refractivity contribution in [2.45, 2.75) is 37.5 Å². The Morgan fingerprint density at radius 3 is 2.60 bits per heavy atom. The first-order valence-corrected chi connectivity index (χ1v) is 8.34. The number of hydrogen-bond acceptors (Lipinski definition) is 3. The van der Waals surface area contributed by atoms with Crippen LogP contribution in [0.15, 0.2) is 17.0 Å². The molecule has 0 aromatic heterocycles. The van der Waals surface area contributed by atoms with Gasteiger partial charge in [0, 0.05) is 11.6 Å². The third kappa shape index (κ3) is 3.24. The molecule has 20 heavy (non-hydrogen) atoms. The summed E-state index contributed by atoms with van der Waals surface area (Å²) in [5, 5.41) is 0.0938. The lowest BCUT2D eigenvalue weighted by Crippen LogP contribution is -2.34. The fourth-order valence-electron chi connectivity index (χ4n) is 2.53. The molecule has 0 bridgehead atoms. The Morgan fingerprint density at radius 2 is 2.00 bits per heavy atom. The third-order valence-electron chi connectivity index (χ3n) is 3.82. The van der Waals surface area contributed by atoms with Gasteiger partial charge in [-0.15, -0.1) is 0 Å². The molecule has 0 atom stereocenters. The molecule has 4 nitrogen and oxygen atoms in total. The number of nitrogens with one attached hydrogen (secondary N) is 1. The molecule has 0 heterocycles. The number of benzene rings is 1. The van der Waals surface area contributed by atoms with Gasteiger partial charge in [-0.3, -0.25) is 0 Å². The summed E-state index contributed by atoms with van der Waals surface area (Å²) < 4.78 is 40.7. The maximum absolute atomic E-state index is 13.9. The van der Waals surface area contributed by atoms with Crippen LogP contribution in [-0.4, -0.2) is 15.0 Å². The van der Waals surface area contributed by atoms with Crippen molar-refractivity contribution in [3.63, 3.8) is 0 Å². The van der Waals surface area contributed by atoms with E-state index in [2.05, 4.69) is 4.72 Å². The molecule has 1 aromatic carbocycles. The monoisotopic (exact) mass is 320 g/mol. The number of hydrogen-bond donors (Lipinski definition) is 2. The highest BCUT2D eigenvalue weighted by Crippen LogP contribution is 2.37. The van der Waals surface area contributed by atoms with E-state index in [0.717, 1.165) is 31.7 Å². The fraction of sp³-hybridized carbons (Fsp3) is 0.538. The summed E-state index contributed by atoms with van der Waals surface area (Å²) in [7, 11) is -3.95. The lowest BCUT2D eigenvalue weighted by atomic mass is 9.89. The van der Waals surface area contributed by atoms with Gasteiger partial charge in [-0.1, -0.05) is 31.4 Å². The molecule has 0 amide bonds. The second-order valence-corrected chi connectivity index (χ2v) is 7.82. The minimum atomic E-state index is -3.95. The molecule has 1 aliphatic rings. The van der Waals surface area contributed by atoms with Crippen molar-refractivity contribution in [2.75, 3.05) is 12.3 Å². The van der Waals surface area contributed by atoms with E-state index < -0.39 is 20.7 Å². The maximum Gasteiger partial charge on any atom is 0.243 e. The molecule has 0 radical (unpaired) electrons. The number of sulfonamides is 1. The highest BCUT2D eigenvalue weighted by atomic mass is 35.5. The molecule has 1 aromatic rings. The molecular formula is C13H18ClFN2O2S. The molecule has 1 fully saturated rings. The van der Waals surface area contributed by atoms with Crippen LogP contribution in [0.5, 0.6) is 0 Å². The van der Waals surface area contributed by atoms with E-state index in [-0.39, 0.29) is 16.1 Å². The smallest absolute Gasteiger partial charge is 0.243 e. The van der Waals surface area contributed by atoms with Crippen LogP contribution < -0.4 is 10.5 Å². The topological polar surface area (TPSA) is 72.2 Å². The molecule has 1 saturated carbocycles. The van der Waals surface area contributed by atoms with Crippen LogP contribution in [0.25, 0.3) is 0 Å². The fourth-order valence-corrected chi connectivity index (χ4v) is 4.15. The molecule has 7 heteroatoms. The number of rotatable bonds is 4. The van der Waals surface area contributed by atoms with Gasteiger partial charge in [0.1, 0.15) is 4.90 Å². The molecule has 2 rings (SSSR count). The van der Waals surface area contributed by atoms with Crippen LogP contribution in [0.4, 0.5) is 10.1 Å². The van der Waals surface area contributed by atoms with Crippen molar-refractivity contribution in [2.24, 2.45) is 5.41 Å². The van der Waals surface area contributed by atoms with E-state index >= 15 is 0 Å². The van der Waals surface area contributed by atoms with E-state index in [9.17, 15) is 12.8 Å². The molecule has 1 aliphatic carbocycles. The largest absolute Gasteiger partial charge is 0.396 e. The minimum Gasteiger partial charge on any atom is -0.396 e. The van der Waals surface area contributed by atoms with Crippen molar-refractivity contribution in [3.05, 3.63) is 23.0 Å². The average Bonchev–Trinajstić information content (AvgIpc) is 2.79. The number of nitrogens with two attached hydrogens (primary N) is 1. The van der Waals surface area contributed by atoms with Crippen molar-refractivity contribution in [3.8, 4) is 0 Å². The predicted octanol–water partition coefficient (Wildman–Crippen LogP) is 2.92. The Morgan fingerprint density at radius 1 is 1.40 bits per heavy atom. The van der Waals surface area contributed by atoms with Crippen molar-refractivity contribution in [1.29, 1.82) is 0 Å². The van der Waals surface area contributed by atoms with E-state index in [0.29, 0.717) is 6.54 Å². The van der Waals surface area contributed by atoms with E-state index in [4.69, 9.17) is 17.3 Å². The second kappa shape index (κ2) is 5.50. The van der Waals surface area contributed by atoms with Crippen LogP contribution in [0, 0.1) is 11.2 Å². The lowest BCUT2D eigenvalue weighted by molar-refractivity contribution is 0.336. The minimum absolute atomic E-state index is 0.0618. The van der Waals surface area contributed by atoms with Crippen LogP contribution >= 0.6 is 11.6 Å². The molecule has 112 valence electrons. The first-order chi connectivity index (χ1) is 9.23. The van der Waals surface area contributed by atoms with Gasteiger partial charge in [-0.25, -0.2) is 17.5 Å². The van der Waals surface area contributed by atoms with Crippen LogP contribution in [0.1, 0.15) is 32.6 Å². The van der Waals surface area contributed by atoms with Gasteiger partial charge >= 0.3 is 0 Å². The molecule has 0 spiro atoms. The van der Waals surface area contributed by atoms with Crippen molar-refractivity contribution >= 4 is 27.3 Å². The van der Waals surface area contributed by atoms with Gasteiger partial charge in [-0.2, -0.15) is 0 Å². The highest BCUT2D eigenvalue weighted by Gasteiger charge is 2.31. The van der Waals surface area contributed by atoms with Gasteiger partial charge in [0.15, 0.2) is 5.82 Å². The van der Waals surface area contributed by atoms with E-state index in [1.54, 1.807) is 0 Å². The van der Waals surface area contributed by atoms with E-state index in [1.165, 1.54) is 6.07 Å². The summed E-state index contributed by atoms with van der Waals surface area (Å²) >= 11 is 5.74. The highest BCUT2D eigenvalue weighted by molar-refractivity contribution is 7.89. The SMILES string of the molecule is CC1(CNS(=O)(=O)c2cc(Cl)cc(N)c2F)CCCC1. The first kappa shape index (κ1) is 15.5.